The lowest BCUT2D eigenvalue weighted by atomic mass is 10.1. The second-order valence-corrected chi connectivity index (χ2v) is 7.54. The summed E-state index contributed by atoms with van der Waals surface area (Å²) in [6.45, 7) is 7.25. The van der Waals surface area contributed by atoms with Gasteiger partial charge >= 0.3 is 0 Å². The van der Waals surface area contributed by atoms with Crippen LogP contribution in [0.4, 0.5) is 5.82 Å². The number of nitrogens with zero attached hydrogens (tertiary/aromatic N) is 3. The van der Waals surface area contributed by atoms with Gasteiger partial charge in [0.05, 0.1) is 6.26 Å². The molecule has 1 saturated heterocycles. The molecule has 1 aliphatic rings. The highest BCUT2D eigenvalue weighted by Gasteiger charge is 2.25. The third-order valence-corrected chi connectivity index (χ3v) is 5.12. The summed E-state index contributed by atoms with van der Waals surface area (Å²) >= 11 is 0. The standard InChI is InChI=1S/C14H24N4O2S/c1-11-9-12(2)16-14(13(11)10-15-3)17-5-7-18(8-6-17)21(4,19)20/h9,15H,5-8,10H2,1-4H3. The number of sulfonamides is 1. The van der Waals surface area contributed by atoms with Crippen LogP contribution in [0.5, 0.6) is 0 Å². The van der Waals surface area contributed by atoms with Crippen LogP contribution in [0.2, 0.25) is 0 Å². The molecule has 1 N–H and O–H groups in total. The van der Waals surface area contributed by atoms with Gasteiger partial charge in [-0.1, -0.05) is 0 Å². The summed E-state index contributed by atoms with van der Waals surface area (Å²) in [5, 5.41) is 3.18. The molecule has 0 amide bonds. The van der Waals surface area contributed by atoms with E-state index in [0.29, 0.717) is 26.2 Å². The number of nitrogens with one attached hydrogen (secondary N) is 1. The van der Waals surface area contributed by atoms with Gasteiger partial charge in [-0.2, -0.15) is 4.31 Å². The zero-order chi connectivity index (χ0) is 15.6. The normalized spacial score (nSPS) is 17.2. The predicted molar refractivity (Wildman–Crippen MR) is 85.1 cm³/mol. The Kier molecular flexibility index (Phi) is 4.85. The lowest BCUT2D eigenvalue weighted by Crippen LogP contribution is -2.49. The quantitative estimate of drug-likeness (QED) is 0.877. The van der Waals surface area contributed by atoms with Crippen LogP contribution in [0.1, 0.15) is 16.8 Å². The van der Waals surface area contributed by atoms with Crippen molar-refractivity contribution in [2.75, 3.05) is 44.4 Å². The van der Waals surface area contributed by atoms with Gasteiger partial charge in [-0.25, -0.2) is 13.4 Å². The Hall–Kier alpha value is -1.18. The van der Waals surface area contributed by atoms with Crippen molar-refractivity contribution in [3.63, 3.8) is 0 Å². The first-order valence-electron chi connectivity index (χ1n) is 7.14. The molecule has 0 unspecified atom stereocenters. The zero-order valence-corrected chi connectivity index (χ0v) is 14.0. The van der Waals surface area contributed by atoms with E-state index in [1.54, 1.807) is 0 Å². The maximum atomic E-state index is 11.6. The summed E-state index contributed by atoms with van der Waals surface area (Å²) in [5.74, 6) is 0.981. The molecule has 0 atom stereocenters. The van der Waals surface area contributed by atoms with E-state index in [-0.39, 0.29) is 0 Å². The van der Waals surface area contributed by atoms with Crippen LogP contribution in [0.25, 0.3) is 0 Å². The van der Waals surface area contributed by atoms with Gasteiger partial charge in [0.2, 0.25) is 10.0 Å². The van der Waals surface area contributed by atoms with Gasteiger partial charge in [-0.3, -0.25) is 0 Å². The summed E-state index contributed by atoms with van der Waals surface area (Å²) < 4.78 is 24.7. The lowest BCUT2D eigenvalue weighted by molar-refractivity contribution is 0.386. The fourth-order valence-electron chi connectivity index (χ4n) is 2.73. The molecular weight excluding hydrogens is 288 g/mol. The monoisotopic (exact) mass is 312 g/mol. The van der Waals surface area contributed by atoms with E-state index < -0.39 is 10.0 Å². The fraction of sp³-hybridized carbons (Fsp3) is 0.643. The summed E-state index contributed by atoms with van der Waals surface area (Å²) in [7, 11) is -1.17. The fourth-order valence-corrected chi connectivity index (χ4v) is 3.56. The Labute approximate surface area is 127 Å². The minimum atomic E-state index is -3.09. The molecule has 6 nitrogen and oxygen atoms in total. The van der Waals surface area contributed by atoms with E-state index in [1.165, 1.54) is 21.7 Å². The van der Waals surface area contributed by atoms with Crippen LogP contribution in [0, 0.1) is 13.8 Å². The predicted octanol–water partition coefficient (Wildman–Crippen LogP) is 0.499. The van der Waals surface area contributed by atoms with Crippen molar-refractivity contribution in [1.82, 2.24) is 14.6 Å². The summed E-state index contributed by atoms with van der Waals surface area (Å²) in [4.78, 5) is 6.87. The van der Waals surface area contributed by atoms with E-state index in [2.05, 4.69) is 28.2 Å². The molecule has 2 heterocycles. The third-order valence-electron chi connectivity index (χ3n) is 3.81. The minimum Gasteiger partial charge on any atom is -0.354 e. The van der Waals surface area contributed by atoms with E-state index in [1.807, 2.05) is 14.0 Å². The van der Waals surface area contributed by atoms with Gasteiger partial charge < -0.3 is 10.2 Å². The first kappa shape index (κ1) is 16.2. The van der Waals surface area contributed by atoms with Crippen molar-refractivity contribution in [3.05, 3.63) is 22.9 Å². The SMILES string of the molecule is CNCc1c(C)cc(C)nc1N1CCN(S(C)(=O)=O)CC1. The maximum Gasteiger partial charge on any atom is 0.211 e. The molecule has 0 saturated carbocycles. The van der Waals surface area contributed by atoms with E-state index in [4.69, 9.17) is 0 Å². The number of anilines is 1. The number of hydrogen-bond acceptors (Lipinski definition) is 5. The highest BCUT2D eigenvalue weighted by molar-refractivity contribution is 7.88. The molecule has 1 aromatic rings. The summed E-state index contributed by atoms with van der Waals surface area (Å²) in [6, 6.07) is 2.09. The van der Waals surface area contributed by atoms with Crippen LogP contribution >= 0.6 is 0 Å². The molecule has 21 heavy (non-hydrogen) atoms. The van der Waals surface area contributed by atoms with Crippen LogP contribution in [-0.4, -0.2) is 57.2 Å². The average Bonchev–Trinajstić information content (AvgIpc) is 2.41. The number of hydrogen-bond donors (Lipinski definition) is 1. The number of aromatic nitrogens is 1. The Morgan fingerprint density at radius 2 is 1.86 bits per heavy atom. The second-order valence-electron chi connectivity index (χ2n) is 5.56. The molecule has 0 aliphatic carbocycles. The van der Waals surface area contributed by atoms with Crippen molar-refractivity contribution in [1.29, 1.82) is 0 Å². The smallest absolute Gasteiger partial charge is 0.211 e. The minimum absolute atomic E-state index is 0.520. The molecule has 1 aliphatic heterocycles. The lowest BCUT2D eigenvalue weighted by Gasteiger charge is -2.35. The number of aryl methyl sites for hydroxylation is 2. The molecule has 1 aromatic heterocycles. The average molecular weight is 312 g/mol. The summed E-state index contributed by atoms with van der Waals surface area (Å²) in [5.41, 5.74) is 3.40. The molecule has 0 spiro atoms. The molecular formula is C14H24N4O2S. The Balaban J connectivity index is 2.24. The van der Waals surface area contributed by atoms with Crippen molar-refractivity contribution in [2.24, 2.45) is 0 Å². The van der Waals surface area contributed by atoms with Crippen molar-refractivity contribution >= 4 is 15.8 Å². The van der Waals surface area contributed by atoms with Crippen LogP contribution < -0.4 is 10.2 Å². The van der Waals surface area contributed by atoms with Gasteiger partial charge in [0.15, 0.2) is 0 Å². The number of pyridine rings is 1. The molecule has 0 aromatic carbocycles. The van der Waals surface area contributed by atoms with E-state index in [0.717, 1.165) is 18.1 Å². The van der Waals surface area contributed by atoms with Gasteiger partial charge in [0.25, 0.3) is 0 Å². The third kappa shape index (κ3) is 3.72. The Morgan fingerprint density at radius 3 is 2.38 bits per heavy atom. The van der Waals surface area contributed by atoms with Crippen molar-refractivity contribution < 1.29 is 8.42 Å². The van der Waals surface area contributed by atoms with Crippen LogP contribution in [0.15, 0.2) is 6.07 Å². The topological polar surface area (TPSA) is 65.5 Å². The molecule has 1 fully saturated rings. The molecule has 2 rings (SSSR count). The molecule has 7 heteroatoms. The molecule has 0 bridgehead atoms. The van der Waals surface area contributed by atoms with E-state index >= 15 is 0 Å². The highest BCUT2D eigenvalue weighted by atomic mass is 32.2. The first-order chi connectivity index (χ1) is 9.82. The van der Waals surface area contributed by atoms with Gasteiger partial charge in [0.1, 0.15) is 5.82 Å². The Bertz CT molecular complexity index is 608. The van der Waals surface area contributed by atoms with Gasteiger partial charge in [-0.05, 0) is 32.5 Å². The van der Waals surface area contributed by atoms with E-state index in [9.17, 15) is 8.42 Å². The van der Waals surface area contributed by atoms with Crippen LogP contribution in [0.3, 0.4) is 0 Å². The van der Waals surface area contributed by atoms with Crippen LogP contribution in [-0.2, 0) is 16.6 Å². The van der Waals surface area contributed by atoms with Crippen molar-refractivity contribution in [2.45, 2.75) is 20.4 Å². The zero-order valence-electron chi connectivity index (χ0n) is 13.2. The molecule has 118 valence electrons. The summed E-state index contributed by atoms with van der Waals surface area (Å²) in [6.07, 6.45) is 1.27. The van der Waals surface area contributed by atoms with Gasteiger partial charge in [-0.15, -0.1) is 0 Å². The maximum absolute atomic E-state index is 11.6. The second kappa shape index (κ2) is 6.29. The number of rotatable bonds is 4. The van der Waals surface area contributed by atoms with Gasteiger partial charge in [0, 0.05) is 44.0 Å². The Morgan fingerprint density at radius 1 is 1.24 bits per heavy atom. The molecule has 0 radical (unpaired) electrons. The first-order valence-corrected chi connectivity index (χ1v) is 8.99. The largest absolute Gasteiger partial charge is 0.354 e. The van der Waals surface area contributed by atoms with Crippen molar-refractivity contribution in [3.8, 4) is 0 Å². The number of piperazine rings is 1. The highest BCUT2D eigenvalue weighted by Crippen LogP contribution is 2.24.